The predicted molar refractivity (Wildman–Crippen MR) is 96.4 cm³/mol. The maximum absolute atomic E-state index is 12.4. The summed E-state index contributed by atoms with van der Waals surface area (Å²) in [7, 11) is 0. The second kappa shape index (κ2) is 8.15. The van der Waals surface area contributed by atoms with Gasteiger partial charge in [0.25, 0.3) is 0 Å². The number of piperidine rings is 1. The van der Waals surface area contributed by atoms with Crippen LogP contribution in [0.5, 0.6) is 0 Å². The second-order valence-electron chi connectivity index (χ2n) is 7.05. The molecule has 1 aliphatic heterocycles. The van der Waals surface area contributed by atoms with E-state index in [1.54, 1.807) is 0 Å². The van der Waals surface area contributed by atoms with Gasteiger partial charge in [-0.25, -0.2) is 4.79 Å². The summed E-state index contributed by atoms with van der Waals surface area (Å²) in [5, 5.41) is 3.48. The van der Waals surface area contributed by atoms with Crippen LogP contribution in [-0.4, -0.2) is 35.7 Å². The molecule has 23 heavy (non-hydrogen) atoms. The Hall–Kier alpha value is -1.07. The summed E-state index contributed by atoms with van der Waals surface area (Å²) in [4.78, 5) is 14.3. The lowest BCUT2D eigenvalue weighted by Gasteiger charge is -2.37. The highest BCUT2D eigenvalue weighted by Gasteiger charge is 2.30. The second-order valence-corrected chi connectivity index (χ2v) is 7.90. The number of benzene rings is 1. The maximum Gasteiger partial charge on any atom is 0.410 e. The standard InChI is InChI=1S/C18H27BrN2O2/c1-18(2,3)23-17(22)21-11-7-6-9-15(21)13-20-12-14-8-4-5-10-16(14)19/h4-5,8,10,15,20H,6-7,9,11-13H2,1-3H3/t15-/m1/s1. The summed E-state index contributed by atoms with van der Waals surface area (Å²) < 4.78 is 6.65. The summed E-state index contributed by atoms with van der Waals surface area (Å²) >= 11 is 3.57. The third-order valence-corrected chi connectivity index (χ3v) is 4.68. The van der Waals surface area contributed by atoms with E-state index in [4.69, 9.17) is 4.74 Å². The van der Waals surface area contributed by atoms with E-state index in [1.165, 1.54) is 12.0 Å². The van der Waals surface area contributed by atoms with E-state index in [0.29, 0.717) is 0 Å². The summed E-state index contributed by atoms with van der Waals surface area (Å²) in [6.07, 6.45) is 3.06. The Kier molecular flexibility index (Phi) is 6.48. The highest BCUT2D eigenvalue weighted by atomic mass is 79.9. The SMILES string of the molecule is CC(C)(C)OC(=O)N1CCCC[C@@H]1CNCc1ccccc1Br. The molecule has 1 N–H and O–H groups in total. The minimum atomic E-state index is -0.443. The van der Waals surface area contributed by atoms with Gasteiger partial charge < -0.3 is 15.0 Å². The smallest absolute Gasteiger partial charge is 0.410 e. The van der Waals surface area contributed by atoms with Crippen LogP contribution in [0.1, 0.15) is 45.6 Å². The number of ether oxygens (including phenoxy) is 1. The Labute approximate surface area is 147 Å². The van der Waals surface area contributed by atoms with Crippen molar-refractivity contribution < 1.29 is 9.53 Å². The molecular formula is C18H27BrN2O2. The van der Waals surface area contributed by atoms with Crippen LogP contribution < -0.4 is 5.32 Å². The zero-order chi connectivity index (χ0) is 16.9. The first-order valence-electron chi connectivity index (χ1n) is 8.30. The Morgan fingerprint density at radius 2 is 2.09 bits per heavy atom. The lowest BCUT2D eigenvalue weighted by atomic mass is 10.0. The van der Waals surface area contributed by atoms with Gasteiger partial charge in [0.15, 0.2) is 0 Å². The number of nitrogens with one attached hydrogen (secondary N) is 1. The van der Waals surface area contributed by atoms with Crippen LogP contribution in [0.4, 0.5) is 4.79 Å². The number of halogens is 1. The van der Waals surface area contributed by atoms with E-state index in [2.05, 4.69) is 27.3 Å². The normalized spacial score (nSPS) is 18.8. The van der Waals surface area contributed by atoms with Gasteiger partial charge in [0.2, 0.25) is 0 Å². The molecule has 0 aliphatic carbocycles. The minimum Gasteiger partial charge on any atom is -0.444 e. The van der Waals surface area contributed by atoms with Crippen LogP contribution in [-0.2, 0) is 11.3 Å². The Morgan fingerprint density at radius 3 is 2.78 bits per heavy atom. The average Bonchev–Trinajstić information content (AvgIpc) is 2.48. The predicted octanol–water partition coefficient (Wildman–Crippen LogP) is 4.33. The van der Waals surface area contributed by atoms with Crippen molar-refractivity contribution in [3.63, 3.8) is 0 Å². The van der Waals surface area contributed by atoms with Crippen molar-refractivity contribution in [3.8, 4) is 0 Å². The molecule has 1 saturated heterocycles. The van der Waals surface area contributed by atoms with Gasteiger partial charge in [-0.05, 0) is 51.7 Å². The molecule has 1 aliphatic rings. The van der Waals surface area contributed by atoms with E-state index in [9.17, 15) is 4.79 Å². The monoisotopic (exact) mass is 382 g/mol. The number of rotatable bonds is 4. The number of carbonyl (C=O) groups excluding carboxylic acids is 1. The summed E-state index contributed by atoms with van der Waals surface area (Å²) in [5.74, 6) is 0. The topological polar surface area (TPSA) is 41.6 Å². The first-order valence-corrected chi connectivity index (χ1v) is 9.10. The molecule has 4 nitrogen and oxygen atoms in total. The van der Waals surface area contributed by atoms with Crippen molar-refractivity contribution in [3.05, 3.63) is 34.3 Å². The fourth-order valence-electron chi connectivity index (χ4n) is 2.79. The molecular weight excluding hydrogens is 356 g/mol. The summed E-state index contributed by atoms with van der Waals surface area (Å²) in [6.45, 7) is 8.11. The first-order chi connectivity index (χ1) is 10.9. The van der Waals surface area contributed by atoms with Crippen molar-refractivity contribution in [1.82, 2.24) is 10.2 Å². The molecule has 1 aromatic carbocycles. The van der Waals surface area contributed by atoms with Crippen LogP contribution >= 0.6 is 15.9 Å². The zero-order valence-electron chi connectivity index (χ0n) is 14.3. The molecule has 128 valence electrons. The lowest BCUT2D eigenvalue weighted by molar-refractivity contribution is 0.00993. The Balaban J connectivity index is 1.89. The highest BCUT2D eigenvalue weighted by Crippen LogP contribution is 2.20. The molecule has 0 saturated carbocycles. The van der Waals surface area contributed by atoms with Gasteiger partial charge in [0.05, 0.1) is 0 Å². The highest BCUT2D eigenvalue weighted by molar-refractivity contribution is 9.10. The molecule has 1 fully saturated rings. The maximum atomic E-state index is 12.4. The number of nitrogens with zero attached hydrogens (tertiary/aromatic N) is 1. The molecule has 5 heteroatoms. The van der Waals surface area contributed by atoms with E-state index < -0.39 is 5.60 Å². The fourth-order valence-corrected chi connectivity index (χ4v) is 3.21. The molecule has 0 aromatic heterocycles. The fraction of sp³-hybridized carbons (Fsp3) is 0.611. The van der Waals surface area contributed by atoms with Crippen molar-refractivity contribution in [2.75, 3.05) is 13.1 Å². The Bertz CT molecular complexity index is 528. The van der Waals surface area contributed by atoms with Crippen molar-refractivity contribution in [2.24, 2.45) is 0 Å². The molecule has 1 amide bonds. The van der Waals surface area contributed by atoms with Gasteiger partial charge in [0.1, 0.15) is 5.60 Å². The first kappa shape index (κ1) is 18.3. The number of hydrogen-bond acceptors (Lipinski definition) is 3. The molecule has 1 atom stereocenters. The summed E-state index contributed by atoms with van der Waals surface area (Å²) in [6, 6.07) is 8.41. The van der Waals surface area contributed by atoms with Gasteiger partial charge in [0, 0.05) is 30.1 Å². The molecule has 0 radical (unpaired) electrons. The largest absolute Gasteiger partial charge is 0.444 e. The van der Waals surface area contributed by atoms with E-state index in [0.717, 1.165) is 36.9 Å². The quantitative estimate of drug-likeness (QED) is 0.842. The van der Waals surface area contributed by atoms with Crippen LogP contribution in [0, 0.1) is 0 Å². The van der Waals surface area contributed by atoms with Gasteiger partial charge in [-0.1, -0.05) is 34.1 Å². The molecule has 2 rings (SSSR count). The van der Waals surface area contributed by atoms with E-state index in [1.807, 2.05) is 43.9 Å². The number of hydrogen-bond donors (Lipinski definition) is 1. The van der Waals surface area contributed by atoms with Crippen molar-refractivity contribution in [2.45, 2.75) is 58.2 Å². The average molecular weight is 383 g/mol. The molecule has 0 spiro atoms. The lowest BCUT2D eigenvalue weighted by Crippen LogP contribution is -2.50. The molecule has 1 aromatic rings. The zero-order valence-corrected chi connectivity index (χ0v) is 15.9. The van der Waals surface area contributed by atoms with E-state index >= 15 is 0 Å². The molecule has 0 unspecified atom stereocenters. The van der Waals surface area contributed by atoms with Crippen LogP contribution in [0.15, 0.2) is 28.7 Å². The van der Waals surface area contributed by atoms with Crippen LogP contribution in [0.2, 0.25) is 0 Å². The van der Waals surface area contributed by atoms with Crippen molar-refractivity contribution in [1.29, 1.82) is 0 Å². The summed E-state index contributed by atoms with van der Waals surface area (Å²) in [5.41, 5.74) is 0.786. The number of amides is 1. The van der Waals surface area contributed by atoms with Gasteiger partial charge >= 0.3 is 6.09 Å². The molecule has 0 bridgehead atoms. The van der Waals surface area contributed by atoms with Gasteiger partial charge in [-0.15, -0.1) is 0 Å². The minimum absolute atomic E-state index is 0.190. The van der Waals surface area contributed by atoms with Crippen LogP contribution in [0.3, 0.4) is 0 Å². The van der Waals surface area contributed by atoms with Crippen LogP contribution in [0.25, 0.3) is 0 Å². The van der Waals surface area contributed by atoms with E-state index in [-0.39, 0.29) is 12.1 Å². The Morgan fingerprint density at radius 1 is 1.35 bits per heavy atom. The number of likely N-dealkylation sites (tertiary alicyclic amines) is 1. The molecule has 1 heterocycles. The third kappa shape index (κ3) is 5.81. The number of carbonyl (C=O) groups is 1. The van der Waals surface area contributed by atoms with Gasteiger partial charge in [-0.3, -0.25) is 0 Å². The van der Waals surface area contributed by atoms with Gasteiger partial charge in [-0.2, -0.15) is 0 Å². The van der Waals surface area contributed by atoms with Crippen molar-refractivity contribution >= 4 is 22.0 Å². The third-order valence-electron chi connectivity index (χ3n) is 3.91.